The molecular weight excluding hydrogens is 348 g/mol. The Balaban J connectivity index is 2.81. The van der Waals surface area contributed by atoms with Gasteiger partial charge in [-0.15, -0.1) is 0 Å². The summed E-state index contributed by atoms with van der Waals surface area (Å²) in [6, 6.07) is 0. The molecule has 1 saturated heterocycles. The van der Waals surface area contributed by atoms with Crippen LogP contribution in [0.15, 0.2) is 0 Å². The van der Waals surface area contributed by atoms with Gasteiger partial charge < -0.3 is 0 Å². The van der Waals surface area contributed by atoms with Crippen LogP contribution in [0.25, 0.3) is 0 Å². The fourth-order valence-electron chi connectivity index (χ4n) is 0.544. The molecule has 0 aromatic carbocycles. The standard InChI is InChI=1S/C4H3I2NO2/c5-4(6)1-2(8)7-3(4)9/h1H2,(H,7,8,9). The van der Waals surface area contributed by atoms with Crippen LogP contribution in [0.4, 0.5) is 0 Å². The van der Waals surface area contributed by atoms with Gasteiger partial charge in [-0.3, -0.25) is 14.9 Å². The molecule has 0 atom stereocenters. The Bertz CT molecular complexity index is 177. The van der Waals surface area contributed by atoms with E-state index in [0.717, 1.165) is 0 Å². The molecule has 5 heteroatoms. The van der Waals surface area contributed by atoms with Crippen molar-refractivity contribution in [3.05, 3.63) is 0 Å². The molecule has 0 unspecified atom stereocenters. The van der Waals surface area contributed by atoms with E-state index in [0.29, 0.717) is 6.42 Å². The van der Waals surface area contributed by atoms with E-state index in [1.165, 1.54) is 0 Å². The Morgan fingerprint density at radius 3 is 2.11 bits per heavy atom. The lowest BCUT2D eigenvalue weighted by molar-refractivity contribution is -0.124. The van der Waals surface area contributed by atoms with Crippen LogP contribution in [0.2, 0.25) is 0 Å². The van der Waals surface area contributed by atoms with Gasteiger partial charge in [-0.25, -0.2) is 0 Å². The maximum Gasteiger partial charge on any atom is 0.253 e. The Labute approximate surface area is 79.2 Å². The second kappa shape index (κ2) is 2.33. The number of imide groups is 1. The zero-order valence-corrected chi connectivity index (χ0v) is 8.59. The van der Waals surface area contributed by atoms with Crippen molar-refractivity contribution < 1.29 is 9.59 Å². The van der Waals surface area contributed by atoms with Gasteiger partial charge in [0, 0.05) is 0 Å². The highest BCUT2D eigenvalue weighted by Gasteiger charge is 2.41. The predicted octanol–water partition coefficient (Wildman–Crippen LogP) is 0.599. The summed E-state index contributed by atoms with van der Waals surface area (Å²) < 4.78 is -0.535. The van der Waals surface area contributed by atoms with Crippen molar-refractivity contribution in [2.45, 2.75) is 7.85 Å². The summed E-state index contributed by atoms with van der Waals surface area (Å²) in [5.41, 5.74) is 0. The van der Waals surface area contributed by atoms with Gasteiger partial charge in [0.25, 0.3) is 5.91 Å². The summed E-state index contributed by atoms with van der Waals surface area (Å²) in [6.45, 7) is 0. The lowest BCUT2D eigenvalue weighted by Gasteiger charge is -2.03. The van der Waals surface area contributed by atoms with Gasteiger partial charge >= 0.3 is 0 Å². The second-order valence-corrected chi connectivity index (χ2v) is 7.51. The zero-order valence-electron chi connectivity index (χ0n) is 4.28. The van der Waals surface area contributed by atoms with E-state index < -0.39 is 1.43 Å². The van der Waals surface area contributed by atoms with E-state index in [9.17, 15) is 9.59 Å². The third kappa shape index (κ3) is 1.54. The molecule has 0 aromatic rings. The van der Waals surface area contributed by atoms with Gasteiger partial charge in [0.1, 0.15) is 0 Å². The Morgan fingerprint density at radius 2 is 2.00 bits per heavy atom. The number of hydrogen-bond donors (Lipinski definition) is 1. The molecule has 1 N–H and O–H groups in total. The molecule has 1 heterocycles. The number of carbonyl (C=O) groups is 2. The molecule has 1 aliphatic rings. The zero-order chi connectivity index (χ0) is 7.07. The molecule has 1 fully saturated rings. The summed E-state index contributed by atoms with van der Waals surface area (Å²) >= 11 is 3.92. The van der Waals surface area contributed by atoms with Crippen LogP contribution in [0.5, 0.6) is 0 Å². The molecule has 0 aliphatic carbocycles. The maximum atomic E-state index is 10.8. The molecule has 3 nitrogen and oxygen atoms in total. The molecule has 1 aliphatic heterocycles. The topological polar surface area (TPSA) is 46.2 Å². The highest BCUT2D eigenvalue weighted by molar-refractivity contribution is 14.2. The maximum absolute atomic E-state index is 10.8. The minimum absolute atomic E-state index is 0.177. The quantitative estimate of drug-likeness (QED) is 0.395. The molecule has 2 amide bonds. The van der Waals surface area contributed by atoms with Gasteiger partial charge in [-0.1, -0.05) is 45.2 Å². The van der Waals surface area contributed by atoms with Crippen LogP contribution < -0.4 is 5.32 Å². The third-order valence-corrected chi connectivity index (χ3v) is 2.71. The highest BCUT2D eigenvalue weighted by atomic mass is 127. The normalized spacial score (nSPS) is 24.2. The monoisotopic (exact) mass is 351 g/mol. The minimum atomic E-state index is -0.535. The predicted molar refractivity (Wildman–Crippen MR) is 48.5 cm³/mol. The fraction of sp³-hybridized carbons (Fsp3) is 0.500. The summed E-state index contributed by atoms with van der Waals surface area (Å²) in [6.07, 6.45) is 0.299. The number of halogens is 2. The SMILES string of the molecule is O=C1CC(I)(I)C(=O)N1. The number of nitrogens with one attached hydrogen (secondary N) is 1. The number of carbonyl (C=O) groups excluding carboxylic acids is 2. The van der Waals surface area contributed by atoms with Crippen molar-refractivity contribution in [2.75, 3.05) is 0 Å². The largest absolute Gasteiger partial charge is 0.295 e. The van der Waals surface area contributed by atoms with Crippen LogP contribution >= 0.6 is 45.2 Å². The van der Waals surface area contributed by atoms with E-state index in [1.807, 2.05) is 45.2 Å². The van der Waals surface area contributed by atoms with E-state index in [1.54, 1.807) is 0 Å². The summed E-state index contributed by atoms with van der Waals surface area (Å²) in [5, 5.41) is 2.21. The lowest BCUT2D eigenvalue weighted by Crippen LogP contribution is -2.26. The smallest absolute Gasteiger partial charge is 0.253 e. The molecular formula is C4H3I2NO2. The molecule has 0 aromatic heterocycles. The Kier molecular flexibility index (Phi) is 1.99. The van der Waals surface area contributed by atoms with Crippen molar-refractivity contribution in [1.29, 1.82) is 0 Å². The molecule has 0 bridgehead atoms. The van der Waals surface area contributed by atoms with Crippen molar-refractivity contribution >= 4 is 57.0 Å². The molecule has 0 radical (unpaired) electrons. The first-order chi connectivity index (χ1) is 4.02. The van der Waals surface area contributed by atoms with Gasteiger partial charge in [-0.2, -0.15) is 0 Å². The van der Waals surface area contributed by atoms with Crippen LogP contribution in [-0.4, -0.2) is 13.2 Å². The molecule has 0 spiro atoms. The third-order valence-electron chi connectivity index (χ3n) is 0.968. The Morgan fingerprint density at radius 1 is 1.44 bits per heavy atom. The van der Waals surface area contributed by atoms with E-state index >= 15 is 0 Å². The first-order valence-corrected chi connectivity index (χ1v) is 4.40. The van der Waals surface area contributed by atoms with E-state index in [2.05, 4.69) is 5.32 Å². The molecule has 0 saturated carbocycles. The van der Waals surface area contributed by atoms with E-state index in [4.69, 9.17) is 0 Å². The van der Waals surface area contributed by atoms with Crippen molar-refractivity contribution in [2.24, 2.45) is 0 Å². The van der Waals surface area contributed by atoms with Crippen molar-refractivity contribution in [1.82, 2.24) is 5.32 Å². The highest BCUT2D eigenvalue weighted by Crippen LogP contribution is 2.34. The summed E-state index contributed by atoms with van der Waals surface area (Å²) in [7, 11) is 0. The fourth-order valence-corrected chi connectivity index (χ4v) is 1.51. The van der Waals surface area contributed by atoms with Gasteiger partial charge in [0.15, 0.2) is 1.43 Å². The average molecular weight is 351 g/mol. The summed E-state index contributed by atoms with van der Waals surface area (Å²) in [4.78, 5) is 21.3. The van der Waals surface area contributed by atoms with Crippen LogP contribution in [0.3, 0.4) is 0 Å². The number of amides is 2. The van der Waals surface area contributed by atoms with Gasteiger partial charge in [0.05, 0.1) is 6.42 Å². The lowest BCUT2D eigenvalue weighted by atomic mass is 10.4. The Hall–Kier alpha value is 0.600. The van der Waals surface area contributed by atoms with E-state index in [-0.39, 0.29) is 11.8 Å². The first-order valence-electron chi connectivity index (χ1n) is 2.24. The van der Waals surface area contributed by atoms with Crippen LogP contribution in [0, 0.1) is 0 Å². The average Bonchev–Trinajstić information content (AvgIpc) is 1.79. The van der Waals surface area contributed by atoms with Crippen molar-refractivity contribution in [3.8, 4) is 0 Å². The van der Waals surface area contributed by atoms with Crippen LogP contribution in [0.1, 0.15) is 6.42 Å². The van der Waals surface area contributed by atoms with Crippen molar-refractivity contribution in [3.63, 3.8) is 0 Å². The van der Waals surface area contributed by atoms with Crippen LogP contribution in [-0.2, 0) is 9.59 Å². The first kappa shape index (κ1) is 7.70. The summed E-state index contributed by atoms with van der Waals surface area (Å²) in [5.74, 6) is -0.363. The van der Waals surface area contributed by atoms with Gasteiger partial charge in [0.2, 0.25) is 5.91 Å². The molecule has 50 valence electrons. The molecule has 9 heavy (non-hydrogen) atoms. The number of hydrogen-bond acceptors (Lipinski definition) is 2. The number of rotatable bonds is 0. The second-order valence-electron chi connectivity index (χ2n) is 1.76. The molecule has 1 rings (SSSR count). The minimum Gasteiger partial charge on any atom is -0.295 e. The number of alkyl halides is 2. The van der Waals surface area contributed by atoms with Gasteiger partial charge in [-0.05, 0) is 0 Å².